The van der Waals surface area contributed by atoms with Crippen molar-refractivity contribution in [3.05, 3.63) is 65.2 Å². The molecule has 1 unspecified atom stereocenters. The van der Waals surface area contributed by atoms with E-state index in [0.29, 0.717) is 6.07 Å². The number of alkyl halides is 3. The van der Waals surface area contributed by atoms with Gasteiger partial charge in [0, 0.05) is 11.6 Å². The monoisotopic (exact) mass is 416 g/mol. The van der Waals surface area contributed by atoms with Gasteiger partial charge in [-0.05, 0) is 31.2 Å². The minimum Gasteiger partial charge on any atom is -0.491 e. The summed E-state index contributed by atoms with van der Waals surface area (Å²) in [5, 5.41) is 4.62. The van der Waals surface area contributed by atoms with E-state index in [2.05, 4.69) is 10.6 Å². The van der Waals surface area contributed by atoms with Crippen LogP contribution in [0.3, 0.4) is 0 Å². The highest BCUT2D eigenvalue weighted by Crippen LogP contribution is 2.35. The maximum absolute atomic E-state index is 13.1. The van der Waals surface area contributed by atoms with Crippen LogP contribution in [0.5, 0.6) is 5.75 Å². The Morgan fingerprint density at radius 3 is 2.31 bits per heavy atom. The number of halogens is 5. The highest BCUT2D eigenvalue weighted by Gasteiger charge is 2.34. The molecule has 1 atom stereocenters. The zero-order valence-corrected chi connectivity index (χ0v) is 15.1. The Morgan fingerprint density at radius 1 is 1.07 bits per heavy atom. The second-order valence-electron chi connectivity index (χ2n) is 6.11. The van der Waals surface area contributed by atoms with E-state index in [1.165, 1.54) is 19.1 Å². The summed E-state index contributed by atoms with van der Waals surface area (Å²) in [6.45, 7) is 0.750. The number of ether oxygens (including phenoxy) is 1. The summed E-state index contributed by atoms with van der Waals surface area (Å²) in [5.41, 5.74) is -1.23. The highest BCUT2D eigenvalue weighted by molar-refractivity contribution is 5.96. The normalized spacial score (nSPS) is 12.2. The lowest BCUT2D eigenvalue weighted by Crippen LogP contribution is -2.43. The predicted molar refractivity (Wildman–Crippen MR) is 93.2 cm³/mol. The molecule has 29 heavy (non-hydrogen) atoms. The molecule has 2 amide bonds. The van der Waals surface area contributed by atoms with Gasteiger partial charge in [0.25, 0.3) is 5.91 Å². The van der Waals surface area contributed by atoms with E-state index in [0.717, 1.165) is 24.3 Å². The zero-order valence-electron chi connectivity index (χ0n) is 15.1. The van der Waals surface area contributed by atoms with Gasteiger partial charge in [0.2, 0.25) is 5.91 Å². The first-order valence-electron chi connectivity index (χ1n) is 8.39. The van der Waals surface area contributed by atoms with Crippen LogP contribution in [0.1, 0.15) is 22.8 Å². The standard InChI is InChI=1S/C19H17F5N2O3/c1-11(10-29-16-5-3-2-4-15(16)19(22,23)24)26-17(27)9-25-18(28)12-6-13(20)8-14(21)7-12/h2-8,11H,9-10H2,1H3,(H,25,28)(H,26,27). The molecule has 0 aliphatic carbocycles. The molecule has 0 aliphatic heterocycles. The minimum atomic E-state index is -4.58. The summed E-state index contributed by atoms with van der Waals surface area (Å²) in [4.78, 5) is 23.7. The van der Waals surface area contributed by atoms with Crippen molar-refractivity contribution in [2.45, 2.75) is 19.1 Å². The van der Waals surface area contributed by atoms with Crippen LogP contribution in [0.4, 0.5) is 22.0 Å². The van der Waals surface area contributed by atoms with Gasteiger partial charge in [0.1, 0.15) is 24.0 Å². The average Bonchev–Trinajstić information content (AvgIpc) is 2.63. The van der Waals surface area contributed by atoms with Gasteiger partial charge in [-0.3, -0.25) is 9.59 Å². The molecular weight excluding hydrogens is 399 g/mol. The van der Waals surface area contributed by atoms with Crippen molar-refractivity contribution >= 4 is 11.8 Å². The Kier molecular flexibility index (Phi) is 7.13. The first-order chi connectivity index (χ1) is 13.6. The Balaban J connectivity index is 1.83. The summed E-state index contributed by atoms with van der Waals surface area (Å²) in [7, 11) is 0. The van der Waals surface area contributed by atoms with Crippen LogP contribution in [0, 0.1) is 11.6 Å². The Bertz CT molecular complexity index is 866. The van der Waals surface area contributed by atoms with Crippen LogP contribution < -0.4 is 15.4 Å². The molecule has 0 aliphatic rings. The van der Waals surface area contributed by atoms with Crippen LogP contribution >= 0.6 is 0 Å². The highest BCUT2D eigenvalue weighted by atomic mass is 19.4. The second kappa shape index (κ2) is 9.35. The van der Waals surface area contributed by atoms with Crippen molar-refractivity contribution in [3.8, 4) is 5.75 Å². The van der Waals surface area contributed by atoms with E-state index in [-0.39, 0.29) is 17.9 Å². The van der Waals surface area contributed by atoms with E-state index in [9.17, 15) is 31.5 Å². The smallest absolute Gasteiger partial charge is 0.419 e. The summed E-state index contributed by atoms with van der Waals surface area (Å²) >= 11 is 0. The fourth-order valence-corrected chi connectivity index (χ4v) is 2.36. The molecule has 2 aromatic rings. The van der Waals surface area contributed by atoms with Gasteiger partial charge in [-0.1, -0.05) is 12.1 Å². The predicted octanol–water partition coefficient (Wildman–Crippen LogP) is 3.30. The molecular formula is C19H17F5N2O3. The Hall–Kier alpha value is -3.17. The van der Waals surface area contributed by atoms with Gasteiger partial charge in [-0.2, -0.15) is 13.2 Å². The lowest BCUT2D eigenvalue weighted by atomic mass is 10.2. The van der Waals surface area contributed by atoms with Crippen LogP contribution in [0.25, 0.3) is 0 Å². The van der Waals surface area contributed by atoms with E-state index in [4.69, 9.17) is 4.74 Å². The van der Waals surface area contributed by atoms with Crippen molar-refractivity contribution in [1.29, 1.82) is 0 Å². The molecule has 0 aromatic heterocycles. The molecule has 0 fully saturated rings. The molecule has 2 aromatic carbocycles. The third kappa shape index (κ3) is 6.74. The summed E-state index contributed by atoms with van der Waals surface area (Å²) in [5.74, 6) is -3.77. The molecule has 0 heterocycles. The summed E-state index contributed by atoms with van der Waals surface area (Å²) in [6.07, 6.45) is -4.58. The van der Waals surface area contributed by atoms with Crippen LogP contribution in [-0.2, 0) is 11.0 Å². The lowest BCUT2D eigenvalue weighted by Gasteiger charge is -2.18. The van der Waals surface area contributed by atoms with Crippen molar-refractivity contribution < 1.29 is 36.3 Å². The van der Waals surface area contributed by atoms with E-state index in [1.807, 2.05) is 0 Å². The van der Waals surface area contributed by atoms with E-state index < -0.39 is 47.8 Å². The van der Waals surface area contributed by atoms with Gasteiger partial charge >= 0.3 is 6.18 Å². The number of carbonyl (C=O) groups excluding carboxylic acids is 2. The van der Waals surface area contributed by atoms with Gasteiger partial charge in [-0.25, -0.2) is 8.78 Å². The number of rotatable bonds is 7. The molecule has 0 bridgehead atoms. The molecule has 5 nitrogen and oxygen atoms in total. The number of para-hydroxylation sites is 1. The molecule has 0 saturated heterocycles. The maximum Gasteiger partial charge on any atom is 0.419 e. The largest absolute Gasteiger partial charge is 0.491 e. The maximum atomic E-state index is 13.1. The lowest BCUT2D eigenvalue weighted by molar-refractivity contribution is -0.139. The average molecular weight is 416 g/mol. The topological polar surface area (TPSA) is 67.4 Å². The number of carbonyl (C=O) groups is 2. The van der Waals surface area contributed by atoms with Crippen LogP contribution in [0.2, 0.25) is 0 Å². The third-order valence-electron chi connectivity index (χ3n) is 3.62. The van der Waals surface area contributed by atoms with Crippen molar-refractivity contribution in [2.24, 2.45) is 0 Å². The number of benzene rings is 2. The summed E-state index contributed by atoms with van der Waals surface area (Å²) < 4.78 is 70.1. The van der Waals surface area contributed by atoms with Gasteiger partial charge in [0.15, 0.2) is 0 Å². The molecule has 0 saturated carbocycles. The number of amides is 2. The molecule has 156 valence electrons. The number of nitrogens with one attached hydrogen (secondary N) is 2. The van der Waals surface area contributed by atoms with Crippen LogP contribution in [-0.4, -0.2) is 31.0 Å². The zero-order chi connectivity index (χ0) is 21.6. The number of hydrogen-bond donors (Lipinski definition) is 2. The summed E-state index contributed by atoms with van der Waals surface area (Å²) in [6, 6.07) is 6.20. The second-order valence-corrected chi connectivity index (χ2v) is 6.11. The first kappa shape index (κ1) is 22.1. The number of hydrogen-bond acceptors (Lipinski definition) is 3. The quantitative estimate of drug-likeness (QED) is 0.681. The molecule has 2 rings (SSSR count). The fourth-order valence-electron chi connectivity index (χ4n) is 2.36. The van der Waals surface area contributed by atoms with Crippen molar-refractivity contribution in [3.63, 3.8) is 0 Å². The molecule has 0 radical (unpaired) electrons. The minimum absolute atomic E-state index is 0.248. The van der Waals surface area contributed by atoms with Crippen LogP contribution in [0.15, 0.2) is 42.5 Å². The van der Waals surface area contributed by atoms with Crippen molar-refractivity contribution in [1.82, 2.24) is 10.6 Å². The Morgan fingerprint density at radius 2 is 1.69 bits per heavy atom. The molecule has 10 heteroatoms. The van der Waals surface area contributed by atoms with Gasteiger partial charge < -0.3 is 15.4 Å². The Labute approximate surface area is 162 Å². The van der Waals surface area contributed by atoms with Gasteiger partial charge in [-0.15, -0.1) is 0 Å². The molecule has 0 spiro atoms. The molecule has 2 N–H and O–H groups in total. The van der Waals surface area contributed by atoms with E-state index in [1.54, 1.807) is 0 Å². The van der Waals surface area contributed by atoms with Gasteiger partial charge in [0.05, 0.1) is 18.2 Å². The fraction of sp³-hybridized carbons (Fsp3) is 0.263. The SMILES string of the molecule is CC(COc1ccccc1C(F)(F)F)NC(=O)CNC(=O)c1cc(F)cc(F)c1. The first-order valence-corrected chi connectivity index (χ1v) is 8.39. The van der Waals surface area contributed by atoms with Crippen molar-refractivity contribution in [2.75, 3.05) is 13.2 Å². The van der Waals surface area contributed by atoms with E-state index >= 15 is 0 Å². The third-order valence-corrected chi connectivity index (χ3v) is 3.62.